The highest BCUT2D eigenvalue weighted by Crippen LogP contribution is 2.31. The number of benzene rings is 1. The Kier molecular flexibility index (Phi) is 4.78. The number of hydrazine groups is 1. The number of nitrogens with zero attached hydrogens (tertiary/aromatic N) is 1. The van der Waals surface area contributed by atoms with Gasteiger partial charge in [-0.1, -0.05) is 23.7 Å². The summed E-state index contributed by atoms with van der Waals surface area (Å²) in [4.78, 5) is 13.3. The number of rotatable bonds is 3. The molecule has 2 aliphatic rings. The molecule has 6 nitrogen and oxygen atoms in total. The van der Waals surface area contributed by atoms with Gasteiger partial charge in [0.15, 0.2) is 0 Å². The molecule has 1 saturated heterocycles. The lowest BCUT2D eigenvalue weighted by Crippen LogP contribution is -2.27. The van der Waals surface area contributed by atoms with Crippen molar-refractivity contribution >= 4 is 17.7 Å². The molecule has 0 saturated carbocycles. The lowest BCUT2D eigenvalue weighted by atomic mass is 10.1. The van der Waals surface area contributed by atoms with Crippen LogP contribution in [0.25, 0.3) is 0 Å². The van der Waals surface area contributed by atoms with E-state index in [9.17, 15) is 18.0 Å². The Hall–Kier alpha value is -2.39. The standard InChI is InChI=1S/C15H13ClF3N3O3/c16-11-5-9(1-2-13(11)25-15(17,18)19)8-24-14(23)22-4-3-10-6-20-21-12(10)7-22/h1-5,7,10,20-21H,6,8H2. The molecule has 0 radical (unpaired) electrons. The van der Waals surface area contributed by atoms with Crippen LogP contribution in [0.1, 0.15) is 5.56 Å². The third-order valence-corrected chi connectivity index (χ3v) is 3.80. The quantitative estimate of drug-likeness (QED) is 0.849. The van der Waals surface area contributed by atoms with E-state index in [4.69, 9.17) is 16.3 Å². The van der Waals surface area contributed by atoms with E-state index in [1.54, 1.807) is 12.4 Å². The summed E-state index contributed by atoms with van der Waals surface area (Å²) in [6.45, 7) is 0.587. The molecule has 10 heteroatoms. The Labute approximate surface area is 145 Å². The van der Waals surface area contributed by atoms with Crippen molar-refractivity contribution in [3.05, 3.63) is 53.0 Å². The molecular weight excluding hydrogens is 363 g/mol. The minimum atomic E-state index is -4.83. The first kappa shape index (κ1) is 17.4. The third kappa shape index (κ3) is 4.37. The lowest BCUT2D eigenvalue weighted by Gasteiger charge is -2.20. The predicted octanol–water partition coefficient (Wildman–Crippen LogP) is 3.27. The Balaban J connectivity index is 1.58. The van der Waals surface area contributed by atoms with Crippen LogP contribution in [0.5, 0.6) is 5.75 Å². The molecule has 2 N–H and O–H groups in total. The van der Waals surface area contributed by atoms with Crippen molar-refractivity contribution in [3.8, 4) is 5.75 Å². The molecule has 0 aromatic heterocycles. The van der Waals surface area contributed by atoms with Gasteiger partial charge in [0.05, 0.1) is 10.7 Å². The van der Waals surface area contributed by atoms with Crippen LogP contribution in [0.3, 0.4) is 0 Å². The van der Waals surface area contributed by atoms with Crippen LogP contribution in [0.4, 0.5) is 18.0 Å². The highest BCUT2D eigenvalue weighted by Gasteiger charge is 2.32. The fourth-order valence-electron chi connectivity index (χ4n) is 2.33. The van der Waals surface area contributed by atoms with E-state index < -0.39 is 18.2 Å². The molecule has 0 bridgehead atoms. The van der Waals surface area contributed by atoms with E-state index in [1.807, 2.05) is 6.08 Å². The maximum absolute atomic E-state index is 12.2. The van der Waals surface area contributed by atoms with Crippen LogP contribution < -0.4 is 15.6 Å². The Morgan fingerprint density at radius 2 is 2.20 bits per heavy atom. The van der Waals surface area contributed by atoms with Gasteiger partial charge in [-0.3, -0.25) is 4.90 Å². The largest absolute Gasteiger partial charge is 0.573 e. The normalized spacial score (nSPS) is 19.1. The maximum atomic E-state index is 12.2. The molecule has 1 aromatic rings. The van der Waals surface area contributed by atoms with Gasteiger partial charge in [-0.2, -0.15) is 0 Å². The number of alkyl halides is 3. The summed E-state index contributed by atoms with van der Waals surface area (Å²) in [6.07, 6.45) is -0.391. The summed E-state index contributed by atoms with van der Waals surface area (Å²) in [5.41, 5.74) is 7.17. The van der Waals surface area contributed by atoms with Gasteiger partial charge >= 0.3 is 12.5 Å². The van der Waals surface area contributed by atoms with Crippen molar-refractivity contribution in [3.63, 3.8) is 0 Å². The van der Waals surface area contributed by atoms with E-state index in [2.05, 4.69) is 15.6 Å². The SMILES string of the molecule is O=C(OCc1ccc(OC(F)(F)F)c(Cl)c1)N1C=CC2CNNC2=C1. The Morgan fingerprint density at radius 1 is 1.40 bits per heavy atom. The monoisotopic (exact) mass is 375 g/mol. The number of carbonyl (C=O) groups excluding carboxylic acids is 1. The fourth-order valence-corrected chi connectivity index (χ4v) is 2.57. The van der Waals surface area contributed by atoms with E-state index in [0.29, 0.717) is 5.56 Å². The van der Waals surface area contributed by atoms with Gasteiger partial charge in [-0.25, -0.2) is 10.2 Å². The molecule has 3 rings (SSSR count). The van der Waals surface area contributed by atoms with Gasteiger partial charge in [-0.15, -0.1) is 13.2 Å². The molecule has 0 spiro atoms. The van der Waals surface area contributed by atoms with E-state index in [0.717, 1.165) is 18.3 Å². The van der Waals surface area contributed by atoms with Gasteiger partial charge in [0, 0.05) is 24.9 Å². The number of carbonyl (C=O) groups is 1. The number of fused-ring (bicyclic) bond motifs is 1. The van der Waals surface area contributed by atoms with Crippen molar-refractivity contribution in [1.29, 1.82) is 0 Å². The molecule has 1 unspecified atom stereocenters. The van der Waals surface area contributed by atoms with Crippen LogP contribution >= 0.6 is 11.6 Å². The minimum Gasteiger partial charge on any atom is -0.444 e. The van der Waals surface area contributed by atoms with Crippen molar-refractivity contribution in [2.45, 2.75) is 13.0 Å². The minimum absolute atomic E-state index is 0.145. The van der Waals surface area contributed by atoms with Crippen molar-refractivity contribution in [2.75, 3.05) is 6.54 Å². The van der Waals surface area contributed by atoms with Crippen LogP contribution in [-0.2, 0) is 11.3 Å². The molecule has 134 valence electrons. The van der Waals surface area contributed by atoms with E-state index >= 15 is 0 Å². The zero-order chi connectivity index (χ0) is 18.0. The summed E-state index contributed by atoms with van der Waals surface area (Å²) >= 11 is 5.75. The Bertz CT molecular complexity index is 736. The zero-order valence-corrected chi connectivity index (χ0v) is 13.4. The molecule has 1 fully saturated rings. The molecule has 1 aromatic carbocycles. The average Bonchev–Trinajstić information content (AvgIpc) is 3.01. The summed E-state index contributed by atoms with van der Waals surface area (Å²) in [7, 11) is 0. The summed E-state index contributed by atoms with van der Waals surface area (Å²) in [5.74, 6) is -0.331. The predicted molar refractivity (Wildman–Crippen MR) is 82.0 cm³/mol. The van der Waals surface area contributed by atoms with Crippen LogP contribution in [-0.4, -0.2) is 23.9 Å². The van der Waals surface area contributed by atoms with Crippen molar-refractivity contribution in [1.82, 2.24) is 15.8 Å². The Morgan fingerprint density at radius 3 is 2.92 bits per heavy atom. The lowest BCUT2D eigenvalue weighted by molar-refractivity contribution is -0.274. The second-order valence-electron chi connectivity index (χ2n) is 5.31. The first-order valence-electron chi connectivity index (χ1n) is 7.20. The smallest absolute Gasteiger partial charge is 0.444 e. The number of hydrogen-bond acceptors (Lipinski definition) is 5. The first-order valence-corrected chi connectivity index (χ1v) is 7.58. The average molecular weight is 376 g/mol. The van der Waals surface area contributed by atoms with Crippen LogP contribution in [0, 0.1) is 5.92 Å². The first-order chi connectivity index (χ1) is 11.8. The van der Waals surface area contributed by atoms with Gasteiger partial charge < -0.3 is 14.9 Å². The fraction of sp³-hybridized carbons (Fsp3) is 0.267. The molecular formula is C15H13ClF3N3O3. The van der Waals surface area contributed by atoms with E-state index in [1.165, 1.54) is 17.0 Å². The molecule has 2 heterocycles. The summed E-state index contributed by atoms with van der Waals surface area (Å²) in [5, 5.41) is -0.227. The second kappa shape index (κ2) is 6.85. The van der Waals surface area contributed by atoms with Crippen molar-refractivity contribution < 1.29 is 27.4 Å². The summed E-state index contributed by atoms with van der Waals surface area (Å²) in [6, 6.07) is 3.66. The van der Waals surface area contributed by atoms with Gasteiger partial charge in [0.2, 0.25) is 0 Å². The van der Waals surface area contributed by atoms with Crippen LogP contribution in [0.2, 0.25) is 5.02 Å². The van der Waals surface area contributed by atoms with Gasteiger partial charge in [0.1, 0.15) is 12.4 Å². The highest BCUT2D eigenvalue weighted by atomic mass is 35.5. The van der Waals surface area contributed by atoms with Gasteiger partial charge in [0.25, 0.3) is 0 Å². The molecule has 2 aliphatic heterocycles. The van der Waals surface area contributed by atoms with Gasteiger partial charge in [-0.05, 0) is 17.7 Å². The summed E-state index contributed by atoms with van der Waals surface area (Å²) < 4.78 is 45.5. The van der Waals surface area contributed by atoms with E-state index in [-0.39, 0.29) is 17.5 Å². The molecule has 0 aliphatic carbocycles. The number of nitrogens with one attached hydrogen (secondary N) is 2. The third-order valence-electron chi connectivity index (χ3n) is 3.51. The topological polar surface area (TPSA) is 62.8 Å². The van der Waals surface area contributed by atoms with Crippen molar-refractivity contribution in [2.24, 2.45) is 5.92 Å². The molecule has 25 heavy (non-hydrogen) atoms. The highest BCUT2D eigenvalue weighted by molar-refractivity contribution is 6.32. The number of halogens is 4. The van der Waals surface area contributed by atoms with Crippen LogP contribution in [0.15, 0.2) is 42.4 Å². The maximum Gasteiger partial charge on any atom is 0.573 e. The molecule has 1 amide bonds. The molecule has 1 atom stereocenters. The number of hydrogen-bond donors (Lipinski definition) is 2. The number of amides is 1. The number of ether oxygens (including phenoxy) is 2. The second-order valence-corrected chi connectivity index (χ2v) is 5.72. The zero-order valence-electron chi connectivity index (χ0n) is 12.6.